The molecule has 0 radical (unpaired) electrons. The molecule has 1 heterocycles. The fourth-order valence-electron chi connectivity index (χ4n) is 2.27. The van der Waals surface area contributed by atoms with Crippen molar-refractivity contribution in [3.8, 4) is 0 Å². The number of rotatable bonds is 3. The maximum absolute atomic E-state index is 12.1. The highest BCUT2D eigenvalue weighted by Crippen LogP contribution is 2.23. The van der Waals surface area contributed by atoms with E-state index in [0.29, 0.717) is 5.69 Å². The third-order valence-corrected chi connectivity index (χ3v) is 3.45. The average Bonchev–Trinajstić information content (AvgIpc) is 2.76. The molecule has 2 aromatic rings. The van der Waals surface area contributed by atoms with Crippen LogP contribution in [-0.4, -0.2) is 35.4 Å². The van der Waals surface area contributed by atoms with Gasteiger partial charge in [0.2, 0.25) is 0 Å². The number of benzene rings is 1. The number of aromatic nitrogens is 2. The Morgan fingerprint density at radius 2 is 2.22 bits per heavy atom. The van der Waals surface area contributed by atoms with Crippen LogP contribution in [-0.2, 0) is 4.74 Å². The van der Waals surface area contributed by atoms with E-state index in [1.165, 1.54) is 0 Å². The standard InChI is InChI=1S/C13H15N3O2/c1-18-9-6-8(7-9)14-13(17)12-10-4-2-3-5-11(10)15-16-12/h2-5,8-9H,6-7H2,1H3,(H,14,17)(H,15,16). The molecule has 5 nitrogen and oxygen atoms in total. The molecule has 18 heavy (non-hydrogen) atoms. The van der Waals surface area contributed by atoms with Crippen molar-refractivity contribution in [3.63, 3.8) is 0 Å². The lowest BCUT2D eigenvalue weighted by Gasteiger charge is -2.34. The van der Waals surface area contributed by atoms with Crippen molar-refractivity contribution in [2.45, 2.75) is 25.0 Å². The maximum Gasteiger partial charge on any atom is 0.272 e. The Morgan fingerprint density at radius 3 is 3.00 bits per heavy atom. The Hall–Kier alpha value is -1.88. The summed E-state index contributed by atoms with van der Waals surface area (Å²) in [6.45, 7) is 0. The van der Waals surface area contributed by atoms with Gasteiger partial charge in [-0.3, -0.25) is 9.89 Å². The average molecular weight is 245 g/mol. The SMILES string of the molecule is COC1CC(NC(=O)c2n[nH]c3ccccc23)C1. The summed E-state index contributed by atoms with van der Waals surface area (Å²) in [4.78, 5) is 12.1. The molecular formula is C13H15N3O2. The van der Waals surface area contributed by atoms with E-state index >= 15 is 0 Å². The number of carbonyl (C=O) groups is 1. The van der Waals surface area contributed by atoms with Crippen LogP contribution in [0.1, 0.15) is 23.3 Å². The molecule has 94 valence electrons. The van der Waals surface area contributed by atoms with E-state index in [1.807, 2.05) is 24.3 Å². The first kappa shape index (κ1) is 11.2. The number of methoxy groups -OCH3 is 1. The third kappa shape index (κ3) is 1.86. The highest BCUT2D eigenvalue weighted by Gasteiger charge is 2.31. The highest BCUT2D eigenvalue weighted by atomic mass is 16.5. The minimum atomic E-state index is -0.119. The second-order valence-corrected chi connectivity index (χ2v) is 4.62. The fourth-order valence-corrected chi connectivity index (χ4v) is 2.27. The number of fused-ring (bicyclic) bond motifs is 1. The summed E-state index contributed by atoms with van der Waals surface area (Å²) in [7, 11) is 1.70. The van der Waals surface area contributed by atoms with Crippen molar-refractivity contribution >= 4 is 16.8 Å². The van der Waals surface area contributed by atoms with Gasteiger partial charge in [-0.1, -0.05) is 18.2 Å². The molecule has 0 unspecified atom stereocenters. The van der Waals surface area contributed by atoms with E-state index in [0.717, 1.165) is 23.7 Å². The number of para-hydroxylation sites is 1. The molecule has 1 aromatic heterocycles. The van der Waals surface area contributed by atoms with Crippen molar-refractivity contribution in [1.29, 1.82) is 0 Å². The summed E-state index contributed by atoms with van der Waals surface area (Å²) in [5.74, 6) is -0.119. The lowest BCUT2D eigenvalue weighted by atomic mass is 9.89. The Morgan fingerprint density at radius 1 is 1.44 bits per heavy atom. The number of H-pyrrole nitrogens is 1. The monoisotopic (exact) mass is 245 g/mol. The zero-order valence-electron chi connectivity index (χ0n) is 10.1. The molecule has 0 saturated heterocycles. The molecular weight excluding hydrogens is 230 g/mol. The zero-order valence-corrected chi connectivity index (χ0v) is 10.1. The first-order valence-corrected chi connectivity index (χ1v) is 6.04. The largest absolute Gasteiger partial charge is 0.381 e. The van der Waals surface area contributed by atoms with Gasteiger partial charge in [0.1, 0.15) is 0 Å². The van der Waals surface area contributed by atoms with Gasteiger partial charge in [0.05, 0.1) is 11.6 Å². The summed E-state index contributed by atoms with van der Waals surface area (Å²) >= 11 is 0. The van der Waals surface area contributed by atoms with Crippen molar-refractivity contribution in [3.05, 3.63) is 30.0 Å². The summed E-state index contributed by atoms with van der Waals surface area (Å²) in [6.07, 6.45) is 2.04. The van der Waals surface area contributed by atoms with Crippen LogP contribution < -0.4 is 5.32 Å². The van der Waals surface area contributed by atoms with Gasteiger partial charge in [-0.25, -0.2) is 0 Å². The van der Waals surface area contributed by atoms with Gasteiger partial charge >= 0.3 is 0 Å². The zero-order chi connectivity index (χ0) is 12.5. The maximum atomic E-state index is 12.1. The predicted octanol–water partition coefficient (Wildman–Crippen LogP) is 1.47. The van der Waals surface area contributed by atoms with Crippen LogP contribution >= 0.6 is 0 Å². The van der Waals surface area contributed by atoms with Gasteiger partial charge in [0.15, 0.2) is 5.69 Å². The lowest BCUT2D eigenvalue weighted by Crippen LogP contribution is -2.47. The second-order valence-electron chi connectivity index (χ2n) is 4.62. The Bertz CT molecular complexity index is 572. The molecule has 1 aromatic carbocycles. The Labute approximate surface area is 105 Å². The van der Waals surface area contributed by atoms with Gasteiger partial charge in [0, 0.05) is 18.5 Å². The number of hydrogen-bond acceptors (Lipinski definition) is 3. The van der Waals surface area contributed by atoms with Gasteiger partial charge in [-0.15, -0.1) is 0 Å². The van der Waals surface area contributed by atoms with Crippen LogP contribution in [0.3, 0.4) is 0 Å². The van der Waals surface area contributed by atoms with Gasteiger partial charge in [-0.05, 0) is 18.9 Å². The fraction of sp³-hybridized carbons (Fsp3) is 0.385. The molecule has 1 aliphatic rings. The molecule has 0 atom stereocenters. The summed E-state index contributed by atoms with van der Waals surface area (Å²) in [5.41, 5.74) is 1.34. The number of nitrogens with one attached hydrogen (secondary N) is 2. The normalized spacial score (nSPS) is 22.7. The summed E-state index contributed by atoms with van der Waals surface area (Å²) in [6, 6.07) is 7.82. The van der Waals surface area contributed by atoms with E-state index < -0.39 is 0 Å². The number of hydrogen-bond donors (Lipinski definition) is 2. The number of amides is 1. The first-order valence-electron chi connectivity index (χ1n) is 6.04. The van der Waals surface area contributed by atoms with Crippen LogP contribution in [0.15, 0.2) is 24.3 Å². The van der Waals surface area contributed by atoms with Crippen molar-refractivity contribution in [1.82, 2.24) is 15.5 Å². The summed E-state index contributed by atoms with van der Waals surface area (Å²) < 4.78 is 5.19. The molecule has 1 amide bonds. The smallest absolute Gasteiger partial charge is 0.272 e. The van der Waals surface area contributed by atoms with E-state index in [1.54, 1.807) is 7.11 Å². The third-order valence-electron chi connectivity index (χ3n) is 3.45. The summed E-state index contributed by atoms with van der Waals surface area (Å²) in [5, 5.41) is 10.8. The van der Waals surface area contributed by atoms with Crippen LogP contribution in [0.4, 0.5) is 0 Å². The van der Waals surface area contributed by atoms with E-state index in [2.05, 4.69) is 15.5 Å². The minimum absolute atomic E-state index is 0.119. The molecule has 0 spiro atoms. The second kappa shape index (κ2) is 4.42. The van der Waals surface area contributed by atoms with Crippen molar-refractivity contribution in [2.75, 3.05) is 7.11 Å². The van der Waals surface area contributed by atoms with E-state index in [-0.39, 0.29) is 18.1 Å². The molecule has 1 fully saturated rings. The Balaban J connectivity index is 1.73. The van der Waals surface area contributed by atoms with Crippen LogP contribution in [0.5, 0.6) is 0 Å². The highest BCUT2D eigenvalue weighted by molar-refractivity contribution is 6.04. The molecule has 3 rings (SSSR count). The molecule has 5 heteroatoms. The molecule has 1 aliphatic carbocycles. The van der Waals surface area contributed by atoms with Crippen molar-refractivity contribution in [2.24, 2.45) is 0 Å². The number of nitrogens with zero attached hydrogens (tertiary/aromatic N) is 1. The quantitative estimate of drug-likeness (QED) is 0.860. The topological polar surface area (TPSA) is 67.0 Å². The van der Waals surface area contributed by atoms with Crippen LogP contribution in [0.2, 0.25) is 0 Å². The van der Waals surface area contributed by atoms with E-state index in [4.69, 9.17) is 4.74 Å². The first-order chi connectivity index (χ1) is 8.78. The van der Waals surface area contributed by atoms with Crippen LogP contribution in [0, 0.1) is 0 Å². The van der Waals surface area contributed by atoms with Gasteiger partial charge in [-0.2, -0.15) is 5.10 Å². The molecule has 1 saturated carbocycles. The molecule has 0 bridgehead atoms. The van der Waals surface area contributed by atoms with E-state index in [9.17, 15) is 4.79 Å². The Kier molecular flexibility index (Phi) is 2.76. The van der Waals surface area contributed by atoms with Gasteiger partial charge < -0.3 is 10.1 Å². The molecule has 2 N–H and O–H groups in total. The molecule has 0 aliphatic heterocycles. The lowest BCUT2D eigenvalue weighted by molar-refractivity contribution is 0.0175. The predicted molar refractivity (Wildman–Crippen MR) is 67.4 cm³/mol. The van der Waals surface area contributed by atoms with Crippen molar-refractivity contribution < 1.29 is 9.53 Å². The number of carbonyl (C=O) groups excluding carboxylic acids is 1. The number of ether oxygens (including phenoxy) is 1. The minimum Gasteiger partial charge on any atom is -0.381 e. The van der Waals surface area contributed by atoms with Crippen LogP contribution in [0.25, 0.3) is 10.9 Å². The van der Waals surface area contributed by atoms with Gasteiger partial charge in [0.25, 0.3) is 5.91 Å². The number of aromatic amines is 1.